The summed E-state index contributed by atoms with van der Waals surface area (Å²) in [6.07, 6.45) is 0. The highest BCUT2D eigenvalue weighted by atomic mass is 32.2. The van der Waals surface area contributed by atoms with Crippen LogP contribution in [0.2, 0.25) is 0 Å². The van der Waals surface area contributed by atoms with Gasteiger partial charge in [0, 0.05) is 23.6 Å². The fourth-order valence-corrected chi connectivity index (χ4v) is 3.73. The van der Waals surface area contributed by atoms with Crippen molar-refractivity contribution in [2.75, 3.05) is 10.0 Å². The molecule has 0 aliphatic carbocycles. The number of fused-ring (bicyclic) bond motifs is 1. The predicted molar refractivity (Wildman–Crippen MR) is 95.0 cm³/mol. The molecule has 2 aromatic carbocycles. The van der Waals surface area contributed by atoms with Gasteiger partial charge in [-0.05, 0) is 37.4 Å². The summed E-state index contributed by atoms with van der Waals surface area (Å²) in [5.74, 6) is -0.0923. The van der Waals surface area contributed by atoms with E-state index in [1.807, 2.05) is 0 Å². The van der Waals surface area contributed by atoms with Crippen LogP contribution in [0.1, 0.15) is 18.2 Å². The van der Waals surface area contributed by atoms with E-state index in [0.29, 0.717) is 27.7 Å². The zero-order chi connectivity index (χ0) is 18.2. The number of benzene rings is 2. The van der Waals surface area contributed by atoms with Crippen LogP contribution in [0.15, 0.2) is 45.8 Å². The quantitative estimate of drug-likeness (QED) is 0.745. The van der Waals surface area contributed by atoms with Crippen LogP contribution in [0.3, 0.4) is 0 Å². The second kappa shape index (κ2) is 6.21. The van der Waals surface area contributed by atoms with Crippen molar-refractivity contribution in [3.8, 4) is 0 Å². The standard InChI is InChI=1S/C17H17N3O4S/c1-10-11(2)19-24-17(10)20-25(22,23)16-6-4-5-13-9-14(18-12(3)21)7-8-15(13)16/h4-9,20H,1-3H3,(H,18,21). The lowest BCUT2D eigenvalue weighted by Gasteiger charge is -2.10. The zero-order valence-electron chi connectivity index (χ0n) is 14.0. The van der Waals surface area contributed by atoms with E-state index in [0.717, 1.165) is 0 Å². The summed E-state index contributed by atoms with van der Waals surface area (Å²) < 4.78 is 33.0. The lowest BCUT2D eigenvalue weighted by Crippen LogP contribution is -2.13. The van der Waals surface area contributed by atoms with Gasteiger partial charge in [-0.25, -0.2) is 13.1 Å². The molecule has 2 N–H and O–H groups in total. The summed E-state index contributed by atoms with van der Waals surface area (Å²) in [6, 6.07) is 9.98. The Morgan fingerprint density at radius 1 is 1.16 bits per heavy atom. The van der Waals surface area contributed by atoms with Gasteiger partial charge in [0.1, 0.15) is 0 Å². The first-order chi connectivity index (χ1) is 11.8. The van der Waals surface area contributed by atoms with Crippen molar-refractivity contribution in [2.24, 2.45) is 0 Å². The Kier molecular flexibility index (Phi) is 4.22. The van der Waals surface area contributed by atoms with Gasteiger partial charge < -0.3 is 9.84 Å². The molecule has 1 heterocycles. The number of amides is 1. The summed E-state index contributed by atoms with van der Waals surface area (Å²) in [5, 5.41) is 7.67. The van der Waals surface area contributed by atoms with Gasteiger partial charge in [-0.1, -0.05) is 23.4 Å². The average Bonchev–Trinajstić information content (AvgIpc) is 2.85. The minimum Gasteiger partial charge on any atom is -0.337 e. The number of anilines is 2. The van der Waals surface area contributed by atoms with Crippen LogP contribution < -0.4 is 10.0 Å². The number of aromatic nitrogens is 1. The van der Waals surface area contributed by atoms with Crippen molar-refractivity contribution in [2.45, 2.75) is 25.7 Å². The van der Waals surface area contributed by atoms with Crippen LogP contribution in [0.4, 0.5) is 11.6 Å². The number of rotatable bonds is 4. The van der Waals surface area contributed by atoms with Gasteiger partial charge in [0.25, 0.3) is 10.0 Å². The van der Waals surface area contributed by atoms with Crippen LogP contribution in [0.25, 0.3) is 10.8 Å². The Morgan fingerprint density at radius 3 is 2.56 bits per heavy atom. The highest BCUT2D eigenvalue weighted by Crippen LogP contribution is 2.28. The summed E-state index contributed by atoms with van der Waals surface area (Å²) >= 11 is 0. The number of hydrogen-bond acceptors (Lipinski definition) is 5. The van der Waals surface area contributed by atoms with Gasteiger partial charge in [0.05, 0.1) is 10.6 Å². The van der Waals surface area contributed by atoms with Crippen LogP contribution in [0, 0.1) is 13.8 Å². The molecule has 0 aliphatic heterocycles. The molecule has 130 valence electrons. The van der Waals surface area contributed by atoms with E-state index in [4.69, 9.17) is 4.52 Å². The summed E-state index contributed by atoms with van der Waals surface area (Å²) in [6.45, 7) is 4.88. The molecule has 7 nitrogen and oxygen atoms in total. The topological polar surface area (TPSA) is 101 Å². The number of carbonyl (C=O) groups excluding carboxylic acids is 1. The molecule has 3 aromatic rings. The third-order valence-corrected chi connectivity index (χ3v) is 5.22. The maximum absolute atomic E-state index is 12.8. The molecule has 3 rings (SSSR count). The minimum atomic E-state index is -3.86. The highest BCUT2D eigenvalue weighted by molar-refractivity contribution is 7.93. The second-order valence-corrected chi connectivity index (χ2v) is 7.35. The predicted octanol–water partition coefficient (Wildman–Crippen LogP) is 3.20. The summed E-state index contributed by atoms with van der Waals surface area (Å²) in [7, 11) is -3.86. The average molecular weight is 359 g/mol. The highest BCUT2D eigenvalue weighted by Gasteiger charge is 2.21. The van der Waals surface area contributed by atoms with Crippen LogP contribution >= 0.6 is 0 Å². The summed E-state index contributed by atoms with van der Waals surface area (Å²) in [5.41, 5.74) is 1.86. The van der Waals surface area contributed by atoms with Crippen molar-refractivity contribution < 1.29 is 17.7 Å². The Morgan fingerprint density at radius 2 is 1.92 bits per heavy atom. The number of sulfonamides is 1. The summed E-state index contributed by atoms with van der Waals surface area (Å²) in [4.78, 5) is 11.3. The molecule has 0 saturated carbocycles. The first kappa shape index (κ1) is 17.0. The molecule has 8 heteroatoms. The molecule has 0 aliphatic rings. The normalized spacial score (nSPS) is 11.5. The van der Waals surface area contributed by atoms with Crippen molar-refractivity contribution in [3.63, 3.8) is 0 Å². The van der Waals surface area contributed by atoms with Crippen molar-refractivity contribution in [1.82, 2.24) is 5.16 Å². The lowest BCUT2D eigenvalue weighted by molar-refractivity contribution is -0.114. The molecule has 0 spiro atoms. The largest absolute Gasteiger partial charge is 0.337 e. The first-order valence-corrected chi connectivity index (χ1v) is 9.02. The minimum absolute atomic E-state index is 0.101. The van der Waals surface area contributed by atoms with E-state index in [-0.39, 0.29) is 16.7 Å². The van der Waals surface area contributed by atoms with Crippen LogP contribution in [-0.4, -0.2) is 19.5 Å². The molecule has 0 unspecified atom stereocenters. The SMILES string of the molecule is CC(=O)Nc1ccc2c(S(=O)(=O)Nc3onc(C)c3C)cccc2c1. The number of hydrogen-bond donors (Lipinski definition) is 2. The van der Waals surface area contributed by atoms with Crippen molar-refractivity contribution >= 4 is 38.3 Å². The molecule has 1 amide bonds. The van der Waals surface area contributed by atoms with Crippen molar-refractivity contribution in [1.29, 1.82) is 0 Å². The molecule has 1 aromatic heterocycles. The molecule has 0 atom stereocenters. The maximum Gasteiger partial charge on any atom is 0.264 e. The maximum atomic E-state index is 12.8. The monoisotopic (exact) mass is 359 g/mol. The number of carbonyl (C=O) groups is 1. The Labute approximate surface area is 145 Å². The van der Waals surface area contributed by atoms with Crippen LogP contribution in [0.5, 0.6) is 0 Å². The molecular weight excluding hydrogens is 342 g/mol. The van der Waals surface area contributed by atoms with Gasteiger partial charge in [-0.15, -0.1) is 0 Å². The van der Waals surface area contributed by atoms with E-state index < -0.39 is 10.0 Å². The third-order valence-electron chi connectivity index (χ3n) is 3.83. The fraction of sp³-hybridized carbons (Fsp3) is 0.176. The smallest absolute Gasteiger partial charge is 0.264 e. The molecule has 0 radical (unpaired) electrons. The van der Waals surface area contributed by atoms with E-state index in [1.54, 1.807) is 44.2 Å². The second-order valence-electron chi connectivity index (χ2n) is 5.70. The van der Waals surface area contributed by atoms with Gasteiger partial charge in [-0.3, -0.25) is 4.79 Å². The number of nitrogens with one attached hydrogen (secondary N) is 2. The molecular formula is C17H17N3O4S. The molecule has 0 bridgehead atoms. The van der Waals surface area contributed by atoms with Gasteiger partial charge >= 0.3 is 0 Å². The van der Waals surface area contributed by atoms with E-state index in [9.17, 15) is 13.2 Å². The van der Waals surface area contributed by atoms with Crippen molar-refractivity contribution in [3.05, 3.63) is 47.7 Å². The number of nitrogens with zero attached hydrogens (tertiary/aromatic N) is 1. The first-order valence-electron chi connectivity index (χ1n) is 7.54. The Hall–Kier alpha value is -2.87. The van der Waals surface area contributed by atoms with Gasteiger partial charge in [-0.2, -0.15) is 0 Å². The van der Waals surface area contributed by atoms with E-state index in [2.05, 4.69) is 15.2 Å². The Balaban J connectivity index is 2.05. The lowest BCUT2D eigenvalue weighted by atomic mass is 10.1. The molecule has 25 heavy (non-hydrogen) atoms. The van der Waals surface area contributed by atoms with E-state index in [1.165, 1.54) is 13.0 Å². The third kappa shape index (κ3) is 3.34. The number of aryl methyl sites for hydroxylation is 1. The molecule has 0 saturated heterocycles. The van der Waals surface area contributed by atoms with Crippen LogP contribution in [-0.2, 0) is 14.8 Å². The zero-order valence-corrected chi connectivity index (χ0v) is 14.8. The van der Waals surface area contributed by atoms with Gasteiger partial charge in [0.2, 0.25) is 11.8 Å². The Bertz CT molecular complexity index is 1070. The van der Waals surface area contributed by atoms with Gasteiger partial charge in [0.15, 0.2) is 0 Å². The van der Waals surface area contributed by atoms with E-state index >= 15 is 0 Å². The molecule has 0 fully saturated rings. The fourth-order valence-electron chi connectivity index (χ4n) is 2.46.